The van der Waals surface area contributed by atoms with Gasteiger partial charge in [0, 0.05) is 0 Å². The summed E-state index contributed by atoms with van der Waals surface area (Å²) in [6.45, 7) is -0.554. The molecule has 0 aliphatic rings. The van der Waals surface area contributed by atoms with Crippen molar-refractivity contribution in [3.8, 4) is 0 Å². The fourth-order valence-electron chi connectivity index (χ4n) is 2.01. The predicted octanol–water partition coefficient (Wildman–Crippen LogP) is 2.56. The minimum atomic E-state index is -0.781. The highest BCUT2D eigenvalue weighted by Crippen LogP contribution is 2.12. The average molecular weight is 325 g/mol. The number of para-hydroxylation sites is 3. The third-order valence-electron chi connectivity index (χ3n) is 3.14. The number of ether oxygens (including phenoxy) is 1. The molecule has 3 aromatic rings. The van der Waals surface area contributed by atoms with Crippen molar-refractivity contribution in [1.29, 1.82) is 0 Å². The van der Waals surface area contributed by atoms with Crippen LogP contribution in [0.1, 0.15) is 10.5 Å². The zero-order chi connectivity index (χ0) is 16.9. The molecule has 0 aliphatic heterocycles. The van der Waals surface area contributed by atoms with Gasteiger partial charge in [0.2, 0.25) is 0 Å². The molecule has 1 aromatic heterocycles. The van der Waals surface area contributed by atoms with Gasteiger partial charge in [0.1, 0.15) is 5.82 Å². The molecule has 1 N–H and O–H groups in total. The van der Waals surface area contributed by atoms with Gasteiger partial charge in [0.25, 0.3) is 5.91 Å². The van der Waals surface area contributed by atoms with E-state index >= 15 is 0 Å². The summed E-state index contributed by atoms with van der Waals surface area (Å²) in [5.74, 6) is -2.00. The van der Waals surface area contributed by atoms with E-state index in [4.69, 9.17) is 4.74 Å². The van der Waals surface area contributed by atoms with Crippen molar-refractivity contribution in [2.24, 2.45) is 0 Å². The third-order valence-corrected chi connectivity index (χ3v) is 3.14. The highest BCUT2D eigenvalue weighted by Gasteiger charge is 2.14. The van der Waals surface area contributed by atoms with E-state index in [0.717, 1.165) is 0 Å². The Balaban J connectivity index is 1.62. The maximum Gasteiger partial charge on any atom is 0.359 e. The van der Waals surface area contributed by atoms with Crippen LogP contribution >= 0.6 is 0 Å². The number of anilines is 1. The van der Waals surface area contributed by atoms with Crippen molar-refractivity contribution in [3.63, 3.8) is 0 Å². The standard InChI is InChI=1S/C17H12FN3O3/c18-11-5-1-2-6-12(11)21-16(22)10-24-17(23)15-9-19-13-7-3-4-8-14(13)20-15/h1-9H,10H2,(H,21,22). The van der Waals surface area contributed by atoms with Crippen LogP contribution in [-0.4, -0.2) is 28.5 Å². The van der Waals surface area contributed by atoms with Gasteiger partial charge in [-0.15, -0.1) is 0 Å². The normalized spacial score (nSPS) is 10.4. The molecule has 1 amide bonds. The molecule has 6 nitrogen and oxygen atoms in total. The number of nitrogens with zero attached hydrogens (tertiary/aromatic N) is 2. The number of fused-ring (bicyclic) bond motifs is 1. The van der Waals surface area contributed by atoms with Gasteiger partial charge in [0.15, 0.2) is 12.3 Å². The Labute approximate surface area is 136 Å². The van der Waals surface area contributed by atoms with Crippen molar-refractivity contribution < 1.29 is 18.7 Å². The highest BCUT2D eigenvalue weighted by molar-refractivity contribution is 5.95. The predicted molar refractivity (Wildman–Crippen MR) is 84.9 cm³/mol. The van der Waals surface area contributed by atoms with E-state index in [9.17, 15) is 14.0 Å². The molecule has 7 heteroatoms. The van der Waals surface area contributed by atoms with Crippen LogP contribution in [0.5, 0.6) is 0 Å². The first-order valence-electron chi connectivity index (χ1n) is 7.07. The second-order valence-corrected chi connectivity index (χ2v) is 4.85. The molecular weight excluding hydrogens is 313 g/mol. The number of benzene rings is 2. The van der Waals surface area contributed by atoms with Crippen molar-refractivity contribution in [2.75, 3.05) is 11.9 Å². The number of halogens is 1. The van der Waals surface area contributed by atoms with E-state index in [1.165, 1.54) is 24.4 Å². The lowest BCUT2D eigenvalue weighted by Crippen LogP contribution is -2.22. The van der Waals surface area contributed by atoms with E-state index in [-0.39, 0.29) is 11.4 Å². The molecule has 2 aromatic carbocycles. The van der Waals surface area contributed by atoms with Crippen molar-refractivity contribution in [3.05, 3.63) is 66.2 Å². The first kappa shape index (κ1) is 15.5. The first-order chi connectivity index (χ1) is 11.6. The number of carbonyl (C=O) groups excluding carboxylic acids is 2. The molecule has 24 heavy (non-hydrogen) atoms. The molecule has 0 atom stereocenters. The van der Waals surface area contributed by atoms with Gasteiger partial charge in [-0.1, -0.05) is 24.3 Å². The molecule has 0 bridgehead atoms. The van der Waals surface area contributed by atoms with Gasteiger partial charge >= 0.3 is 5.97 Å². The Morgan fingerprint density at radius 3 is 2.54 bits per heavy atom. The number of carbonyl (C=O) groups is 2. The van der Waals surface area contributed by atoms with Crippen LogP contribution in [0.25, 0.3) is 11.0 Å². The van der Waals surface area contributed by atoms with Crippen LogP contribution in [0.4, 0.5) is 10.1 Å². The second-order valence-electron chi connectivity index (χ2n) is 4.85. The summed E-state index contributed by atoms with van der Waals surface area (Å²) < 4.78 is 18.3. The molecule has 0 spiro atoms. The molecule has 0 aliphatic carbocycles. The Morgan fingerprint density at radius 2 is 1.75 bits per heavy atom. The Hall–Kier alpha value is -3.35. The largest absolute Gasteiger partial charge is 0.451 e. The molecule has 3 rings (SSSR count). The van der Waals surface area contributed by atoms with Crippen LogP contribution in [0.2, 0.25) is 0 Å². The van der Waals surface area contributed by atoms with E-state index in [0.29, 0.717) is 11.0 Å². The molecule has 0 saturated carbocycles. The Morgan fingerprint density at radius 1 is 1.04 bits per heavy atom. The zero-order valence-corrected chi connectivity index (χ0v) is 12.4. The van der Waals surface area contributed by atoms with E-state index < -0.39 is 24.3 Å². The number of esters is 1. The number of hydrogen-bond acceptors (Lipinski definition) is 5. The van der Waals surface area contributed by atoms with Crippen LogP contribution < -0.4 is 5.32 Å². The lowest BCUT2D eigenvalue weighted by Gasteiger charge is -2.07. The number of hydrogen-bond donors (Lipinski definition) is 1. The second kappa shape index (κ2) is 6.82. The van der Waals surface area contributed by atoms with Crippen LogP contribution in [0, 0.1) is 5.82 Å². The smallest absolute Gasteiger partial charge is 0.359 e. The molecule has 0 saturated heterocycles. The van der Waals surface area contributed by atoms with Crippen LogP contribution in [0.3, 0.4) is 0 Å². The van der Waals surface area contributed by atoms with Gasteiger partial charge in [-0.2, -0.15) is 0 Å². The summed E-state index contributed by atoms with van der Waals surface area (Å²) in [6.07, 6.45) is 1.28. The molecule has 120 valence electrons. The molecule has 0 unspecified atom stereocenters. The van der Waals surface area contributed by atoms with Gasteiger partial charge in [-0.3, -0.25) is 9.78 Å². The van der Waals surface area contributed by atoms with Crippen molar-refractivity contribution in [1.82, 2.24) is 9.97 Å². The fourth-order valence-corrected chi connectivity index (χ4v) is 2.01. The number of rotatable bonds is 4. The summed E-state index contributed by atoms with van der Waals surface area (Å²) >= 11 is 0. The monoisotopic (exact) mass is 325 g/mol. The zero-order valence-electron chi connectivity index (χ0n) is 12.4. The summed E-state index contributed by atoms with van der Waals surface area (Å²) in [5.41, 5.74) is 1.20. The van der Waals surface area contributed by atoms with E-state index in [2.05, 4.69) is 15.3 Å². The third kappa shape index (κ3) is 3.52. The van der Waals surface area contributed by atoms with Crippen molar-refractivity contribution in [2.45, 2.75) is 0 Å². The van der Waals surface area contributed by atoms with Gasteiger partial charge in [-0.05, 0) is 24.3 Å². The molecule has 1 heterocycles. The minimum Gasteiger partial charge on any atom is -0.451 e. The van der Waals surface area contributed by atoms with Gasteiger partial charge in [0.05, 0.1) is 22.9 Å². The molecular formula is C17H12FN3O3. The maximum absolute atomic E-state index is 13.4. The van der Waals surface area contributed by atoms with E-state index in [1.54, 1.807) is 24.3 Å². The molecule has 0 radical (unpaired) electrons. The summed E-state index contributed by atoms with van der Waals surface area (Å²) in [6, 6.07) is 12.8. The Bertz CT molecular complexity index is 914. The SMILES string of the molecule is O=C(COC(=O)c1cnc2ccccc2n1)Nc1ccccc1F. The summed E-state index contributed by atoms with van der Waals surface area (Å²) in [7, 11) is 0. The quantitative estimate of drug-likeness (QED) is 0.746. The van der Waals surface area contributed by atoms with Crippen molar-refractivity contribution >= 4 is 28.6 Å². The van der Waals surface area contributed by atoms with Crippen LogP contribution in [0.15, 0.2) is 54.7 Å². The highest BCUT2D eigenvalue weighted by atomic mass is 19.1. The molecule has 0 fully saturated rings. The Kier molecular flexibility index (Phi) is 4.42. The van der Waals surface area contributed by atoms with E-state index in [1.807, 2.05) is 6.07 Å². The lowest BCUT2D eigenvalue weighted by atomic mass is 10.3. The first-order valence-corrected chi connectivity index (χ1v) is 7.07. The minimum absolute atomic E-state index is 0.00704. The lowest BCUT2D eigenvalue weighted by molar-refractivity contribution is -0.119. The summed E-state index contributed by atoms with van der Waals surface area (Å²) in [4.78, 5) is 31.9. The summed E-state index contributed by atoms with van der Waals surface area (Å²) in [5, 5.41) is 2.32. The number of aromatic nitrogens is 2. The number of amides is 1. The maximum atomic E-state index is 13.4. The van der Waals surface area contributed by atoms with Gasteiger partial charge in [-0.25, -0.2) is 14.2 Å². The fraction of sp³-hybridized carbons (Fsp3) is 0.0588. The van der Waals surface area contributed by atoms with Gasteiger partial charge < -0.3 is 10.1 Å². The number of nitrogens with one attached hydrogen (secondary N) is 1. The topological polar surface area (TPSA) is 81.2 Å². The van der Waals surface area contributed by atoms with Crippen LogP contribution in [-0.2, 0) is 9.53 Å². The average Bonchev–Trinajstić information content (AvgIpc) is 2.61.